The van der Waals surface area contributed by atoms with Crippen LogP contribution in [0.3, 0.4) is 0 Å². The van der Waals surface area contributed by atoms with Crippen LogP contribution in [0.25, 0.3) is 37.9 Å². The van der Waals surface area contributed by atoms with Gasteiger partial charge in [0.15, 0.2) is 23.0 Å². The molecule has 0 aliphatic carbocycles. The maximum atomic E-state index is 5.47. The Bertz CT molecular complexity index is 1240. The van der Waals surface area contributed by atoms with Crippen molar-refractivity contribution in [3.8, 4) is 23.0 Å². The fraction of sp³-hybridized carbons (Fsp3) is 0.190. The molecule has 0 fully saturated rings. The van der Waals surface area contributed by atoms with Gasteiger partial charge in [0.25, 0.3) is 0 Å². The number of rotatable bonds is 4. The number of aromatic nitrogens is 1. The average Bonchev–Trinajstić information content (AvgIpc) is 2.78. The van der Waals surface area contributed by atoms with Gasteiger partial charge in [-0.3, -0.25) is 0 Å². The normalized spacial score (nSPS) is 11.3. The fourth-order valence-electron chi connectivity index (χ4n) is 3.19. The molecule has 3 aromatic heterocycles. The zero-order valence-corrected chi connectivity index (χ0v) is 19.9. The quantitative estimate of drug-likeness (QED) is 0.260. The standard InChI is InChI=1S/C21H17NO4S4/c1-23-10-5-14-16(7-12(10)25-3)29-20-18(27-14)9-19-21(22-20)30-17-8-13(26-4)11(24-2)6-15(17)28-19/h5-9H,1-4H3. The first kappa shape index (κ1) is 19.6. The molecule has 30 heavy (non-hydrogen) atoms. The highest BCUT2D eigenvalue weighted by Crippen LogP contribution is 2.43. The maximum Gasteiger partial charge on any atom is 0.162 e. The third-order valence-corrected chi connectivity index (χ3v) is 9.46. The number of ether oxygens (including phenoxy) is 4. The number of nitrogens with zero attached hydrogens (tertiary/aromatic N) is 1. The van der Waals surface area contributed by atoms with Crippen molar-refractivity contribution in [3.05, 3.63) is 30.3 Å². The summed E-state index contributed by atoms with van der Waals surface area (Å²) in [5, 5.41) is 0. The number of benzene rings is 2. The van der Waals surface area contributed by atoms with Crippen LogP contribution < -0.4 is 18.9 Å². The summed E-state index contributed by atoms with van der Waals surface area (Å²) < 4.78 is 28.7. The lowest BCUT2D eigenvalue weighted by atomic mass is 10.3. The summed E-state index contributed by atoms with van der Waals surface area (Å²) in [5.74, 6) is 2.92. The van der Waals surface area contributed by atoms with Crippen molar-refractivity contribution in [3.63, 3.8) is 0 Å². The third kappa shape index (κ3) is 3.22. The minimum atomic E-state index is 0.727. The topological polar surface area (TPSA) is 49.8 Å². The van der Waals surface area contributed by atoms with Crippen LogP contribution in [0.15, 0.2) is 30.3 Å². The van der Waals surface area contributed by atoms with Gasteiger partial charge >= 0.3 is 0 Å². The molecule has 0 unspecified atom stereocenters. The van der Waals surface area contributed by atoms with Crippen LogP contribution in [0.4, 0.5) is 0 Å². The SMILES string of the molecule is COc1cc2sc3cc4sc5cc(OC)c(OC)cc5sc4nc3sc2cc1OC. The predicted molar refractivity (Wildman–Crippen MR) is 130 cm³/mol. The fourth-order valence-corrected chi connectivity index (χ4v) is 7.72. The molecule has 154 valence electrons. The van der Waals surface area contributed by atoms with E-state index >= 15 is 0 Å². The van der Waals surface area contributed by atoms with Gasteiger partial charge in [-0.25, -0.2) is 4.98 Å². The van der Waals surface area contributed by atoms with Gasteiger partial charge in [0, 0.05) is 33.7 Å². The highest BCUT2D eigenvalue weighted by atomic mass is 32.1. The van der Waals surface area contributed by atoms with E-state index in [2.05, 4.69) is 6.07 Å². The zero-order chi connectivity index (χ0) is 20.8. The van der Waals surface area contributed by atoms with E-state index in [0.29, 0.717) is 0 Å². The van der Waals surface area contributed by atoms with Gasteiger partial charge in [-0.1, -0.05) is 0 Å². The Morgan fingerprint density at radius 1 is 0.467 bits per heavy atom. The lowest BCUT2D eigenvalue weighted by Crippen LogP contribution is -1.90. The number of fused-ring (bicyclic) bond motifs is 4. The molecular formula is C21H17NO4S4. The minimum absolute atomic E-state index is 0.727. The Labute approximate surface area is 188 Å². The van der Waals surface area contributed by atoms with Gasteiger partial charge in [-0.05, 0) is 6.07 Å². The van der Waals surface area contributed by atoms with Crippen molar-refractivity contribution in [1.82, 2.24) is 4.98 Å². The molecule has 0 saturated carbocycles. The van der Waals surface area contributed by atoms with Gasteiger partial charge in [-0.2, -0.15) is 0 Å². The Morgan fingerprint density at radius 2 is 0.800 bits per heavy atom. The highest BCUT2D eigenvalue weighted by molar-refractivity contribution is 7.38. The zero-order valence-electron chi connectivity index (χ0n) is 16.6. The van der Waals surface area contributed by atoms with E-state index in [-0.39, 0.29) is 0 Å². The lowest BCUT2D eigenvalue weighted by Gasteiger charge is -2.10. The van der Waals surface area contributed by atoms with Crippen LogP contribution in [0.2, 0.25) is 0 Å². The van der Waals surface area contributed by atoms with Crippen molar-refractivity contribution in [1.29, 1.82) is 0 Å². The summed E-state index contributed by atoms with van der Waals surface area (Å²) in [6.07, 6.45) is 0. The maximum absolute atomic E-state index is 5.47. The summed E-state index contributed by atoms with van der Waals surface area (Å²) in [6.45, 7) is 0. The van der Waals surface area contributed by atoms with Crippen LogP contribution in [-0.2, 0) is 0 Å². The first-order valence-electron chi connectivity index (χ1n) is 8.92. The third-order valence-electron chi connectivity index (χ3n) is 4.64. The second kappa shape index (κ2) is 7.73. The second-order valence-corrected chi connectivity index (χ2v) is 10.5. The second-order valence-electron chi connectivity index (χ2n) is 6.31. The van der Waals surface area contributed by atoms with E-state index in [0.717, 1.165) is 60.9 Å². The summed E-state index contributed by atoms with van der Waals surface area (Å²) in [7, 11) is 6.63. The molecule has 3 heterocycles. The molecule has 0 atom stereocenters. The summed E-state index contributed by atoms with van der Waals surface area (Å²) in [5.41, 5.74) is 0. The molecule has 9 heteroatoms. The molecule has 0 saturated heterocycles. The molecule has 0 radical (unpaired) electrons. The van der Waals surface area contributed by atoms with E-state index in [1.165, 1.54) is 0 Å². The number of hydrogen-bond acceptors (Lipinski definition) is 9. The Morgan fingerprint density at radius 3 is 1.13 bits per heavy atom. The van der Waals surface area contributed by atoms with Crippen molar-refractivity contribution < 1.29 is 18.9 Å². The van der Waals surface area contributed by atoms with Crippen LogP contribution in [0.5, 0.6) is 23.0 Å². The molecule has 5 rings (SSSR count). The average molecular weight is 476 g/mol. The van der Waals surface area contributed by atoms with Crippen molar-refractivity contribution >= 4 is 83.2 Å². The number of pyridine rings is 1. The molecule has 0 amide bonds. The highest BCUT2D eigenvalue weighted by Gasteiger charge is 2.13. The van der Waals surface area contributed by atoms with Crippen molar-refractivity contribution in [2.24, 2.45) is 0 Å². The van der Waals surface area contributed by atoms with E-state index in [1.54, 1.807) is 73.8 Å². The number of hydrogen-bond donors (Lipinski definition) is 0. The van der Waals surface area contributed by atoms with Gasteiger partial charge in [-0.15, -0.1) is 45.3 Å². The smallest absolute Gasteiger partial charge is 0.162 e. The molecule has 0 aliphatic rings. The summed E-state index contributed by atoms with van der Waals surface area (Å²) >= 11 is 6.75. The molecule has 0 spiro atoms. The summed E-state index contributed by atoms with van der Waals surface area (Å²) in [6, 6.07) is 10.3. The molecule has 2 aromatic carbocycles. The Balaban J connectivity index is 1.78. The van der Waals surface area contributed by atoms with Gasteiger partial charge in [0.1, 0.15) is 9.66 Å². The summed E-state index contributed by atoms with van der Waals surface area (Å²) in [4.78, 5) is 7.01. The molecule has 0 aliphatic heterocycles. The molecule has 0 N–H and O–H groups in total. The monoisotopic (exact) mass is 475 g/mol. The van der Waals surface area contributed by atoms with E-state index in [9.17, 15) is 0 Å². The van der Waals surface area contributed by atoms with Crippen LogP contribution >= 0.6 is 45.3 Å². The van der Waals surface area contributed by atoms with E-state index in [1.807, 2.05) is 24.3 Å². The molecule has 5 aromatic rings. The largest absolute Gasteiger partial charge is 0.493 e. The molecule has 5 nitrogen and oxygen atoms in total. The molecule has 0 bridgehead atoms. The van der Waals surface area contributed by atoms with Gasteiger partial charge in [0.2, 0.25) is 0 Å². The van der Waals surface area contributed by atoms with Crippen molar-refractivity contribution in [2.45, 2.75) is 0 Å². The van der Waals surface area contributed by atoms with E-state index < -0.39 is 0 Å². The lowest BCUT2D eigenvalue weighted by molar-refractivity contribution is 0.356. The van der Waals surface area contributed by atoms with Crippen LogP contribution in [0, 0.1) is 0 Å². The number of methoxy groups -OCH3 is 4. The predicted octanol–water partition coefficient (Wildman–Crippen LogP) is 7.10. The van der Waals surface area contributed by atoms with Crippen molar-refractivity contribution in [2.75, 3.05) is 28.4 Å². The Hall–Kier alpha value is -2.33. The van der Waals surface area contributed by atoms with Crippen LogP contribution in [-0.4, -0.2) is 33.4 Å². The van der Waals surface area contributed by atoms with Gasteiger partial charge in [0.05, 0.1) is 47.2 Å². The van der Waals surface area contributed by atoms with E-state index in [4.69, 9.17) is 23.9 Å². The first-order chi connectivity index (χ1) is 14.6. The van der Waals surface area contributed by atoms with Crippen LogP contribution in [0.1, 0.15) is 0 Å². The minimum Gasteiger partial charge on any atom is -0.493 e. The molecular weight excluding hydrogens is 459 g/mol. The first-order valence-corrected chi connectivity index (χ1v) is 12.2. The Kier molecular flexibility index (Phi) is 5.06. The van der Waals surface area contributed by atoms with Gasteiger partial charge < -0.3 is 18.9 Å².